The zero-order valence-corrected chi connectivity index (χ0v) is 14.6. The first kappa shape index (κ1) is 17.5. The number of carbonyl (C=O) groups is 1. The molecule has 0 unspecified atom stereocenters. The van der Waals surface area contributed by atoms with Crippen molar-refractivity contribution < 1.29 is 9.53 Å². The maximum absolute atomic E-state index is 11.9. The predicted molar refractivity (Wildman–Crippen MR) is 99.6 cm³/mol. The molecule has 1 amide bonds. The Morgan fingerprint density at radius 3 is 2.84 bits per heavy atom. The molecule has 1 aliphatic rings. The van der Waals surface area contributed by atoms with Crippen molar-refractivity contribution in [2.45, 2.75) is 6.54 Å². The van der Waals surface area contributed by atoms with E-state index < -0.39 is 0 Å². The Bertz CT molecular complexity index is 741. The van der Waals surface area contributed by atoms with E-state index in [9.17, 15) is 4.79 Å². The molecule has 1 N–H and O–H groups in total. The number of hydrogen-bond donors (Lipinski definition) is 1. The van der Waals surface area contributed by atoms with Crippen LogP contribution in [0.5, 0.6) is 0 Å². The van der Waals surface area contributed by atoms with Gasteiger partial charge in [-0.15, -0.1) is 0 Å². The lowest BCUT2D eigenvalue weighted by atomic mass is 10.2. The molecule has 0 radical (unpaired) electrons. The molecule has 1 aromatic heterocycles. The zero-order valence-electron chi connectivity index (χ0n) is 13.8. The highest BCUT2D eigenvalue weighted by Crippen LogP contribution is 2.13. The highest BCUT2D eigenvalue weighted by Gasteiger charge is 2.11. The first-order valence-electron chi connectivity index (χ1n) is 8.20. The summed E-state index contributed by atoms with van der Waals surface area (Å²) < 4.78 is 5.34. The summed E-state index contributed by atoms with van der Waals surface area (Å²) in [4.78, 5) is 18.6. The van der Waals surface area contributed by atoms with Gasteiger partial charge in [0.1, 0.15) is 5.82 Å². The van der Waals surface area contributed by atoms with Crippen molar-refractivity contribution in [2.75, 3.05) is 31.2 Å². The summed E-state index contributed by atoms with van der Waals surface area (Å²) in [5, 5.41) is 3.50. The number of rotatable bonds is 5. The van der Waals surface area contributed by atoms with Crippen molar-refractivity contribution >= 4 is 29.4 Å². The largest absolute Gasteiger partial charge is 0.378 e. The fourth-order valence-corrected chi connectivity index (χ4v) is 2.73. The number of hydrogen-bond acceptors (Lipinski definition) is 4. The van der Waals surface area contributed by atoms with Gasteiger partial charge < -0.3 is 15.0 Å². The Hall–Kier alpha value is -2.37. The number of aromatic nitrogens is 1. The molecular weight excluding hydrogens is 338 g/mol. The van der Waals surface area contributed by atoms with Crippen LogP contribution in [0.25, 0.3) is 6.08 Å². The Labute approximate surface area is 152 Å². The molecule has 6 heteroatoms. The van der Waals surface area contributed by atoms with Crippen LogP contribution in [0.2, 0.25) is 5.02 Å². The number of ether oxygens (including phenoxy) is 1. The standard InChI is InChI=1S/C19H20ClN3O2/c20-17-3-1-2-15(12-17)5-7-19(24)22-14-16-4-6-18(21-13-16)23-8-10-25-11-9-23/h1-7,12-13H,8-11,14H2,(H,22,24)/b7-5+. The van der Waals surface area contributed by atoms with Gasteiger partial charge in [0.25, 0.3) is 0 Å². The summed E-state index contributed by atoms with van der Waals surface area (Å²) in [5.74, 6) is 0.788. The average molecular weight is 358 g/mol. The summed E-state index contributed by atoms with van der Waals surface area (Å²) in [6.45, 7) is 3.63. The minimum absolute atomic E-state index is 0.155. The van der Waals surface area contributed by atoms with E-state index in [-0.39, 0.29) is 5.91 Å². The van der Waals surface area contributed by atoms with Crippen molar-refractivity contribution in [3.05, 3.63) is 64.8 Å². The Morgan fingerprint density at radius 2 is 2.12 bits per heavy atom. The van der Waals surface area contributed by atoms with Gasteiger partial charge in [0.05, 0.1) is 13.2 Å². The second-order valence-electron chi connectivity index (χ2n) is 5.73. The Kier molecular flexibility index (Phi) is 6.04. The summed E-state index contributed by atoms with van der Waals surface area (Å²) in [7, 11) is 0. The third kappa shape index (κ3) is 5.31. The molecule has 1 aliphatic heterocycles. The van der Waals surface area contributed by atoms with E-state index >= 15 is 0 Å². The van der Waals surface area contributed by atoms with Crippen molar-refractivity contribution in [2.24, 2.45) is 0 Å². The number of benzene rings is 1. The molecule has 0 aliphatic carbocycles. The predicted octanol–water partition coefficient (Wildman–Crippen LogP) is 2.90. The number of halogens is 1. The lowest BCUT2D eigenvalue weighted by molar-refractivity contribution is -0.116. The summed E-state index contributed by atoms with van der Waals surface area (Å²) in [6.07, 6.45) is 5.04. The van der Waals surface area contributed by atoms with Gasteiger partial charge in [-0.3, -0.25) is 4.79 Å². The van der Waals surface area contributed by atoms with Crippen LogP contribution >= 0.6 is 11.6 Å². The molecule has 130 valence electrons. The van der Waals surface area contributed by atoms with Crippen LogP contribution in [0.15, 0.2) is 48.7 Å². The van der Waals surface area contributed by atoms with Crippen LogP contribution < -0.4 is 10.2 Å². The third-order valence-corrected chi connectivity index (χ3v) is 4.12. The number of pyridine rings is 1. The number of nitrogens with zero attached hydrogens (tertiary/aromatic N) is 2. The van der Waals surface area contributed by atoms with Gasteiger partial charge in [-0.2, -0.15) is 0 Å². The van der Waals surface area contributed by atoms with Crippen LogP contribution in [0.1, 0.15) is 11.1 Å². The topological polar surface area (TPSA) is 54.5 Å². The van der Waals surface area contributed by atoms with Crippen LogP contribution in [0.4, 0.5) is 5.82 Å². The maximum atomic E-state index is 11.9. The Morgan fingerprint density at radius 1 is 1.28 bits per heavy atom. The smallest absolute Gasteiger partial charge is 0.244 e. The summed E-state index contributed by atoms with van der Waals surface area (Å²) in [5.41, 5.74) is 1.85. The fourth-order valence-electron chi connectivity index (χ4n) is 2.53. The maximum Gasteiger partial charge on any atom is 0.244 e. The monoisotopic (exact) mass is 357 g/mol. The molecule has 0 spiro atoms. The molecule has 0 saturated carbocycles. The highest BCUT2D eigenvalue weighted by atomic mass is 35.5. The molecule has 5 nitrogen and oxygen atoms in total. The normalized spacial score (nSPS) is 14.7. The van der Waals surface area contributed by atoms with E-state index in [1.54, 1.807) is 24.4 Å². The van der Waals surface area contributed by atoms with Crippen LogP contribution in [0, 0.1) is 0 Å². The quantitative estimate of drug-likeness (QED) is 0.836. The van der Waals surface area contributed by atoms with Crippen molar-refractivity contribution in [1.29, 1.82) is 0 Å². The minimum Gasteiger partial charge on any atom is -0.378 e. The molecular formula is C19H20ClN3O2. The fraction of sp³-hybridized carbons (Fsp3) is 0.263. The molecule has 0 bridgehead atoms. The van der Waals surface area contributed by atoms with E-state index in [4.69, 9.17) is 16.3 Å². The Balaban J connectivity index is 1.50. The first-order valence-corrected chi connectivity index (χ1v) is 8.57. The van der Waals surface area contributed by atoms with Gasteiger partial charge in [-0.1, -0.05) is 29.8 Å². The van der Waals surface area contributed by atoms with E-state index in [0.29, 0.717) is 11.6 Å². The number of anilines is 1. The second-order valence-corrected chi connectivity index (χ2v) is 6.17. The minimum atomic E-state index is -0.155. The van der Waals surface area contributed by atoms with Gasteiger partial charge >= 0.3 is 0 Å². The SMILES string of the molecule is O=C(/C=C/c1cccc(Cl)c1)NCc1ccc(N2CCOCC2)nc1. The average Bonchev–Trinajstić information content (AvgIpc) is 2.66. The van der Waals surface area contributed by atoms with E-state index in [1.165, 1.54) is 6.08 Å². The molecule has 25 heavy (non-hydrogen) atoms. The summed E-state index contributed by atoms with van der Waals surface area (Å²) >= 11 is 5.92. The van der Waals surface area contributed by atoms with Gasteiger partial charge in [0, 0.05) is 36.9 Å². The van der Waals surface area contributed by atoms with Gasteiger partial charge in [-0.25, -0.2) is 4.98 Å². The second kappa shape index (κ2) is 8.65. The van der Waals surface area contributed by atoms with Crippen LogP contribution in [0.3, 0.4) is 0 Å². The third-order valence-electron chi connectivity index (χ3n) is 3.89. The number of morpholine rings is 1. The molecule has 1 saturated heterocycles. The molecule has 2 heterocycles. The number of carbonyl (C=O) groups excluding carboxylic acids is 1. The lowest BCUT2D eigenvalue weighted by Crippen LogP contribution is -2.36. The highest BCUT2D eigenvalue weighted by molar-refractivity contribution is 6.30. The van der Waals surface area contributed by atoms with Crippen molar-refractivity contribution in [1.82, 2.24) is 10.3 Å². The van der Waals surface area contributed by atoms with Crippen LogP contribution in [-0.4, -0.2) is 37.2 Å². The van der Waals surface area contributed by atoms with Crippen LogP contribution in [-0.2, 0) is 16.1 Å². The van der Waals surface area contributed by atoms with Gasteiger partial charge in [0.2, 0.25) is 5.91 Å². The van der Waals surface area contributed by atoms with Crippen molar-refractivity contribution in [3.63, 3.8) is 0 Å². The first-order chi connectivity index (χ1) is 12.2. The molecule has 1 aromatic carbocycles. The summed E-state index contributed by atoms with van der Waals surface area (Å²) in [6, 6.07) is 11.3. The molecule has 1 fully saturated rings. The van der Waals surface area contributed by atoms with E-state index in [1.807, 2.05) is 24.3 Å². The van der Waals surface area contributed by atoms with E-state index in [2.05, 4.69) is 15.2 Å². The van der Waals surface area contributed by atoms with Gasteiger partial charge in [0.15, 0.2) is 0 Å². The zero-order chi connectivity index (χ0) is 17.5. The molecule has 0 atom stereocenters. The van der Waals surface area contributed by atoms with Gasteiger partial charge in [-0.05, 0) is 35.4 Å². The van der Waals surface area contributed by atoms with Crippen molar-refractivity contribution in [3.8, 4) is 0 Å². The molecule has 2 aromatic rings. The number of nitrogens with one attached hydrogen (secondary N) is 1. The van der Waals surface area contributed by atoms with E-state index in [0.717, 1.165) is 43.2 Å². The number of amides is 1. The molecule has 3 rings (SSSR count). The lowest BCUT2D eigenvalue weighted by Gasteiger charge is -2.27.